The average molecular weight is 851 g/mol. The third-order valence-corrected chi connectivity index (χ3v) is 11.3. The Kier molecular flexibility index (Phi) is 39.0. The van der Waals surface area contributed by atoms with Crippen LogP contribution in [0, 0.1) is 0 Å². The van der Waals surface area contributed by atoms with Gasteiger partial charge in [0, 0.05) is 6.42 Å². The summed E-state index contributed by atoms with van der Waals surface area (Å²) in [5.41, 5.74) is 0. The lowest BCUT2D eigenvalue weighted by Crippen LogP contribution is -2.51. The van der Waals surface area contributed by atoms with Gasteiger partial charge in [-0.2, -0.15) is 0 Å². The van der Waals surface area contributed by atoms with Crippen LogP contribution in [-0.4, -0.2) is 79.8 Å². The fraction of sp³-hybridized carbons (Fsp3) is 0.776. The van der Waals surface area contributed by atoms with Crippen molar-refractivity contribution in [3.8, 4) is 0 Å². The lowest BCUT2D eigenvalue weighted by molar-refractivity contribution is -0.870. The number of phosphoric ester groups is 1. The summed E-state index contributed by atoms with van der Waals surface area (Å²) in [6, 6.07) is -1.10. The zero-order valence-electron chi connectivity index (χ0n) is 38.5. The molecule has 0 aromatic carbocycles. The molecular weight excluding hydrogens is 760 g/mol. The minimum absolute atomic E-state index is 0.0530. The van der Waals surface area contributed by atoms with E-state index in [9.17, 15) is 24.5 Å². The summed E-state index contributed by atoms with van der Waals surface area (Å²) < 4.78 is 23.1. The summed E-state index contributed by atoms with van der Waals surface area (Å²) in [6.07, 6.45) is 48.4. The number of likely N-dealkylation sites (N-methyl/N-ethyl adjacent to an activating group) is 1. The molecule has 3 N–H and O–H groups in total. The van der Waals surface area contributed by atoms with Crippen molar-refractivity contribution in [2.75, 3.05) is 40.9 Å². The largest absolute Gasteiger partial charge is 0.756 e. The molecule has 0 saturated heterocycles. The molecule has 0 aromatic heterocycles. The SMILES string of the molecule is CCCCC/C=C/CC/C=C/CCCC(O)C(O)C(COP(=O)([O-])OCC[N+](C)(C)C)NC(=O)CCCCCCCCCC/C=C\C/C=C\C/C=C\CCCCCCC. The van der Waals surface area contributed by atoms with Crippen LogP contribution in [0.2, 0.25) is 0 Å². The lowest BCUT2D eigenvalue weighted by Gasteiger charge is -2.31. The van der Waals surface area contributed by atoms with Gasteiger partial charge in [0.15, 0.2) is 0 Å². The molecule has 4 atom stereocenters. The van der Waals surface area contributed by atoms with Crippen LogP contribution >= 0.6 is 7.82 Å². The highest BCUT2D eigenvalue weighted by molar-refractivity contribution is 7.45. The number of unbranched alkanes of at least 4 members (excludes halogenated alkanes) is 18. The predicted octanol–water partition coefficient (Wildman–Crippen LogP) is 11.8. The number of carbonyl (C=O) groups excluding carboxylic acids is 1. The molecule has 0 heterocycles. The number of hydrogen-bond donors (Lipinski definition) is 3. The maximum absolute atomic E-state index is 12.9. The van der Waals surface area contributed by atoms with E-state index in [2.05, 4.69) is 79.9 Å². The monoisotopic (exact) mass is 851 g/mol. The third-order valence-electron chi connectivity index (χ3n) is 10.3. The number of carbonyl (C=O) groups is 1. The van der Waals surface area contributed by atoms with Crippen molar-refractivity contribution in [1.29, 1.82) is 0 Å². The van der Waals surface area contributed by atoms with Gasteiger partial charge in [-0.15, -0.1) is 0 Å². The van der Waals surface area contributed by atoms with Gasteiger partial charge < -0.3 is 34.0 Å². The Morgan fingerprint density at radius 2 is 1.03 bits per heavy atom. The quantitative estimate of drug-likeness (QED) is 0.0241. The highest BCUT2D eigenvalue weighted by atomic mass is 31.2. The van der Waals surface area contributed by atoms with E-state index in [1.54, 1.807) is 0 Å². The van der Waals surface area contributed by atoms with Crippen molar-refractivity contribution in [2.24, 2.45) is 0 Å². The molecule has 0 fully saturated rings. The van der Waals surface area contributed by atoms with Crippen molar-refractivity contribution >= 4 is 13.7 Å². The van der Waals surface area contributed by atoms with Gasteiger partial charge >= 0.3 is 0 Å². The van der Waals surface area contributed by atoms with Crippen molar-refractivity contribution in [3.63, 3.8) is 0 Å². The first kappa shape index (κ1) is 57.2. The second-order valence-corrected chi connectivity index (χ2v) is 18.6. The van der Waals surface area contributed by atoms with Crippen molar-refractivity contribution in [2.45, 2.75) is 205 Å². The molecular formula is C49H91N2O7P. The molecule has 0 aliphatic rings. The first-order chi connectivity index (χ1) is 28.4. The second kappa shape index (κ2) is 40.2. The summed E-state index contributed by atoms with van der Waals surface area (Å²) in [5.74, 6) is -0.303. The zero-order chi connectivity index (χ0) is 43.7. The fourth-order valence-electron chi connectivity index (χ4n) is 6.45. The number of nitrogens with zero attached hydrogens (tertiary/aromatic N) is 1. The van der Waals surface area contributed by atoms with Gasteiger partial charge in [-0.3, -0.25) is 9.36 Å². The molecule has 0 aliphatic carbocycles. The molecule has 0 saturated carbocycles. The smallest absolute Gasteiger partial charge is 0.268 e. The molecule has 0 aliphatic heterocycles. The Labute approximate surface area is 363 Å². The van der Waals surface area contributed by atoms with Crippen molar-refractivity contribution in [1.82, 2.24) is 5.32 Å². The maximum atomic E-state index is 12.9. The van der Waals surface area contributed by atoms with Gasteiger partial charge in [-0.1, -0.05) is 152 Å². The first-order valence-electron chi connectivity index (χ1n) is 23.7. The molecule has 9 nitrogen and oxygen atoms in total. The summed E-state index contributed by atoms with van der Waals surface area (Å²) in [7, 11) is 1.08. The molecule has 0 bridgehead atoms. The predicted molar refractivity (Wildman–Crippen MR) is 248 cm³/mol. The van der Waals surface area contributed by atoms with Gasteiger partial charge in [0.05, 0.1) is 39.9 Å². The Morgan fingerprint density at radius 1 is 0.610 bits per heavy atom. The Hall–Kier alpha value is -1.84. The second-order valence-electron chi connectivity index (χ2n) is 17.2. The van der Waals surface area contributed by atoms with Gasteiger partial charge in [-0.25, -0.2) is 0 Å². The van der Waals surface area contributed by atoms with Gasteiger partial charge in [0.25, 0.3) is 7.82 Å². The normalized spacial score (nSPS) is 15.3. The van der Waals surface area contributed by atoms with Crippen LogP contribution in [-0.2, 0) is 18.4 Å². The molecule has 1 amide bonds. The van der Waals surface area contributed by atoms with Crippen LogP contribution in [0.15, 0.2) is 60.8 Å². The van der Waals surface area contributed by atoms with E-state index in [0.717, 1.165) is 64.2 Å². The number of aliphatic hydroxyl groups excluding tert-OH is 2. The number of allylic oxidation sites excluding steroid dienone is 10. The van der Waals surface area contributed by atoms with E-state index < -0.39 is 32.7 Å². The molecule has 0 aromatic rings. The van der Waals surface area contributed by atoms with E-state index >= 15 is 0 Å². The van der Waals surface area contributed by atoms with Gasteiger partial charge in [0.1, 0.15) is 19.3 Å². The number of quaternary nitrogens is 1. The molecule has 59 heavy (non-hydrogen) atoms. The first-order valence-corrected chi connectivity index (χ1v) is 25.2. The molecule has 0 radical (unpaired) electrons. The van der Waals surface area contributed by atoms with Gasteiger partial charge in [-0.05, 0) is 89.9 Å². The summed E-state index contributed by atoms with van der Waals surface area (Å²) in [5, 5.41) is 24.6. The van der Waals surface area contributed by atoms with E-state index in [-0.39, 0.29) is 18.9 Å². The lowest BCUT2D eigenvalue weighted by atomic mass is 10.0. The minimum Gasteiger partial charge on any atom is -0.756 e. The standard InChI is InChI=1S/C49H91N2O7P/c1-6-8-10-12-14-16-18-20-21-22-23-24-25-26-27-28-29-30-32-34-36-38-40-42-48(53)50-46(45-58-59(55,56)57-44-43-51(3,4)5)49(54)47(52)41-39-37-35-33-31-19-17-15-13-11-9-7-2/h15,17-18,20,22-23,25-26,33,35,46-47,49,52,54H,6-14,16,19,21,24,27-32,34,36-45H2,1-5H3,(H-,50,53,55,56)/b17-15+,20-18-,23-22-,26-25-,35-33+. The number of phosphoric acid groups is 1. The molecule has 0 rings (SSSR count). The summed E-state index contributed by atoms with van der Waals surface area (Å²) in [6.45, 7) is 4.34. The molecule has 344 valence electrons. The van der Waals surface area contributed by atoms with Crippen LogP contribution in [0.4, 0.5) is 0 Å². The number of amides is 1. The van der Waals surface area contributed by atoms with Gasteiger partial charge in [0.2, 0.25) is 5.91 Å². The molecule has 0 spiro atoms. The molecule has 10 heteroatoms. The van der Waals surface area contributed by atoms with Crippen LogP contribution in [0.3, 0.4) is 0 Å². The van der Waals surface area contributed by atoms with E-state index in [4.69, 9.17) is 9.05 Å². The van der Waals surface area contributed by atoms with Crippen LogP contribution in [0.5, 0.6) is 0 Å². The Balaban J connectivity index is 4.45. The number of nitrogens with one attached hydrogen (secondary N) is 1. The van der Waals surface area contributed by atoms with Crippen LogP contribution in [0.1, 0.15) is 187 Å². The summed E-state index contributed by atoms with van der Waals surface area (Å²) >= 11 is 0. The maximum Gasteiger partial charge on any atom is 0.268 e. The third kappa shape index (κ3) is 41.3. The number of hydrogen-bond acceptors (Lipinski definition) is 7. The van der Waals surface area contributed by atoms with E-state index in [1.807, 2.05) is 21.1 Å². The Morgan fingerprint density at radius 3 is 1.58 bits per heavy atom. The number of aliphatic hydroxyl groups is 2. The van der Waals surface area contributed by atoms with E-state index in [0.29, 0.717) is 30.3 Å². The summed E-state index contributed by atoms with van der Waals surface area (Å²) in [4.78, 5) is 25.4. The van der Waals surface area contributed by atoms with E-state index in [1.165, 1.54) is 83.5 Å². The average Bonchev–Trinajstić information content (AvgIpc) is 3.19. The zero-order valence-corrected chi connectivity index (χ0v) is 39.4. The number of rotatable bonds is 42. The molecule has 4 unspecified atom stereocenters. The van der Waals surface area contributed by atoms with Crippen LogP contribution < -0.4 is 10.2 Å². The highest BCUT2D eigenvalue weighted by Crippen LogP contribution is 2.38. The van der Waals surface area contributed by atoms with Crippen LogP contribution in [0.25, 0.3) is 0 Å². The highest BCUT2D eigenvalue weighted by Gasteiger charge is 2.29. The Bertz CT molecular complexity index is 1160. The van der Waals surface area contributed by atoms with Crippen molar-refractivity contribution in [3.05, 3.63) is 60.8 Å². The van der Waals surface area contributed by atoms with Crippen molar-refractivity contribution < 1.29 is 38.0 Å². The minimum atomic E-state index is -4.68. The fourth-order valence-corrected chi connectivity index (χ4v) is 7.17. The topological polar surface area (TPSA) is 128 Å².